The number of fused-ring (bicyclic) bond motifs is 2. The molecule has 28 heavy (non-hydrogen) atoms. The minimum Gasteiger partial charge on any atom is -0.481 e. The molecule has 6 nitrogen and oxygen atoms in total. The van der Waals surface area contributed by atoms with Crippen LogP contribution in [0.3, 0.4) is 0 Å². The van der Waals surface area contributed by atoms with Crippen molar-refractivity contribution in [1.29, 1.82) is 0 Å². The molecule has 1 fully saturated rings. The van der Waals surface area contributed by atoms with E-state index in [2.05, 4.69) is 10.6 Å². The molecule has 1 aromatic carbocycles. The molecule has 1 saturated carbocycles. The van der Waals surface area contributed by atoms with Crippen molar-refractivity contribution >= 4 is 52.1 Å². The van der Waals surface area contributed by atoms with Crippen molar-refractivity contribution < 1.29 is 19.5 Å². The van der Waals surface area contributed by atoms with Crippen LogP contribution >= 0.6 is 22.9 Å². The Kier molecular flexibility index (Phi) is 4.95. The Morgan fingerprint density at radius 2 is 1.82 bits per heavy atom. The van der Waals surface area contributed by atoms with E-state index in [1.807, 2.05) is 12.2 Å². The molecule has 1 aromatic heterocycles. The molecule has 2 amide bonds. The molecule has 0 spiro atoms. The van der Waals surface area contributed by atoms with Crippen LogP contribution in [-0.4, -0.2) is 22.9 Å². The van der Waals surface area contributed by atoms with Gasteiger partial charge in [0.1, 0.15) is 0 Å². The number of aliphatic carboxylic acids is 1. The molecule has 0 radical (unpaired) electrons. The number of carboxylic acids is 1. The Morgan fingerprint density at radius 3 is 2.50 bits per heavy atom. The molecule has 0 aliphatic heterocycles. The van der Waals surface area contributed by atoms with Crippen LogP contribution in [0.25, 0.3) is 0 Å². The standard InChI is InChI=1S/C20H17ClN2O4S/c21-13-6-5-12(9-14(13)23-18(24)15-2-1-7-28-15)22-19(25)16-10-3-4-11(8-10)17(16)20(26)27/h1-7,9-11,16-17H,8H2,(H,22,25)(H,23,24)(H,26,27). The van der Waals surface area contributed by atoms with Crippen molar-refractivity contribution in [3.63, 3.8) is 0 Å². The predicted octanol–water partition coefficient (Wildman–Crippen LogP) is 4.12. The fraction of sp³-hybridized carbons (Fsp3) is 0.250. The number of hydrogen-bond donors (Lipinski definition) is 3. The van der Waals surface area contributed by atoms with Crippen LogP contribution in [0.15, 0.2) is 47.9 Å². The lowest BCUT2D eigenvalue weighted by Gasteiger charge is -2.24. The number of carboxylic acid groups (broad SMARTS) is 1. The molecule has 4 unspecified atom stereocenters. The average molecular weight is 417 g/mol. The number of carbonyl (C=O) groups excluding carboxylic acids is 2. The number of benzene rings is 1. The quantitative estimate of drug-likeness (QED) is 0.639. The number of hydrogen-bond acceptors (Lipinski definition) is 4. The summed E-state index contributed by atoms with van der Waals surface area (Å²) >= 11 is 7.48. The maximum Gasteiger partial charge on any atom is 0.307 e. The summed E-state index contributed by atoms with van der Waals surface area (Å²) in [6.45, 7) is 0. The van der Waals surface area contributed by atoms with Gasteiger partial charge < -0.3 is 15.7 Å². The van der Waals surface area contributed by atoms with Gasteiger partial charge in [-0.3, -0.25) is 14.4 Å². The summed E-state index contributed by atoms with van der Waals surface area (Å²) in [5, 5.41) is 17.2. The second-order valence-corrected chi connectivity index (χ2v) is 8.31. The minimum absolute atomic E-state index is 0.0589. The Morgan fingerprint density at radius 1 is 1.07 bits per heavy atom. The Bertz CT molecular complexity index is 973. The van der Waals surface area contributed by atoms with E-state index in [-0.39, 0.29) is 23.7 Å². The second kappa shape index (κ2) is 7.41. The summed E-state index contributed by atoms with van der Waals surface area (Å²) in [6.07, 6.45) is 4.52. The van der Waals surface area contributed by atoms with Gasteiger partial charge in [0.2, 0.25) is 5.91 Å². The monoisotopic (exact) mass is 416 g/mol. The fourth-order valence-corrected chi connectivity index (χ4v) is 4.82. The zero-order valence-electron chi connectivity index (χ0n) is 14.6. The smallest absolute Gasteiger partial charge is 0.307 e. The summed E-state index contributed by atoms with van der Waals surface area (Å²) in [6, 6.07) is 8.26. The number of halogens is 1. The van der Waals surface area contributed by atoms with Gasteiger partial charge in [-0.15, -0.1) is 11.3 Å². The van der Waals surface area contributed by atoms with Gasteiger partial charge in [0.15, 0.2) is 0 Å². The van der Waals surface area contributed by atoms with E-state index in [9.17, 15) is 19.5 Å². The summed E-state index contributed by atoms with van der Waals surface area (Å²) in [4.78, 5) is 37.2. The number of carbonyl (C=O) groups is 3. The molecule has 4 atom stereocenters. The summed E-state index contributed by atoms with van der Waals surface area (Å²) in [5.74, 6) is -3.03. The lowest BCUT2D eigenvalue weighted by molar-refractivity contribution is -0.146. The van der Waals surface area contributed by atoms with Crippen molar-refractivity contribution in [2.75, 3.05) is 10.6 Å². The summed E-state index contributed by atoms with van der Waals surface area (Å²) in [7, 11) is 0. The lowest BCUT2D eigenvalue weighted by atomic mass is 9.82. The van der Waals surface area contributed by atoms with E-state index in [0.717, 1.165) is 0 Å². The summed E-state index contributed by atoms with van der Waals surface area (Å²) < 4.78 is 0. The number of allylic oxidation sites excluding steroid dienone is 2. The molecular weight excluding hydrogens is 400 g/mol. The van der Waals surface area contributed by atoms with Gasteiger partial charge in [0.25, 0.3) is 5.91 Å². The molecular formula is C20H17ClN2O4S. The van der Waals surface area contributed by atoms with Crippen molar-refractivity contribution in [3.05, 3.63) is 57.8 Å². The van der Waals surface area contributed by atoms with E-state index < -0.39 is 17.8 Å². The van der Waals surface area contributed by atoms with Crippen molar-refractivity contribution in [2.45, 2.75) is 6.42 Å². The van der Waals surface area contributed by atoms with E-state index >= 15 is 0 Å². The molecule has 2 bridgehead atoms. The molecule has 1 heterocycles. The number of anilines is 2. The van der Waals surface area contributed by atoms with Gasteiger partial charge in [0.05, 0.1) is 27.4 Å². The molecule has 144 valence electrons. The lowest BCUT2D eigenvalue weighted by Crippen LogP contribution is -2.36. The van der Waals surface area contributed by atoms with Crippen molar-refractivity contribution in [3.8, 4) is 0 Å². The number of rotatable bonds is 5. The highest BCUT2D eigenvalue weighted by atomic mass is 35.5. The zero-order valence-corrected chi connectivity index (χ0v) is 16.2. The Labute approximate surface area is 170 Å². The SMILES string of the molecule is O=C(Nc1cc(NC(=O)C2C3C=CC(C3)C2C(=O)O)ccc1Cl)c1cccs1. The molecule has 3 N–H and O–H groups in total. The van der Waals surface area contributed by atoms with Crippen LogP contribution in [-0.2, 0) is 9.59 Å². The normalized spacial score (nSPS) is 24.9. The number of amides is 2. The topological polar surface area (TPSA) is 95.5 Å². The maximum absolute atomic E-state index is 12.8. The van der Waals surface area contributed by atoms with Gasteiger partial charge in [0, 0.05) is 5.69 Å². The highest BCUT2D eigenvalue weighted by Crippen LogP contribution is 2.48. The van der Waals surface area contributed by atoms with Crippen LogP contribution in [0, 0.1) is 23.7 Å². The first-order valence-electron chi connectivity index (χ1n) is 8.80. The third kappa shape index (κ3) is 3.43. The molecule has 8 heteroatoms. The predicted molar refractivity (Wildman–Crippen MR) is 108 cm³/mol. The van der Waals surface area contributed by atoms with E-state index in [1.165, 1.54) is 11.3 Å². The number of thiophene rings is 1. The molecule has 2 aliphatic carbocycles. The third-order valence-electron chi connectivity index (χ3n) is 5.27. The van der Waals surface area contributed by atoms with E-state index in [1.54, 1.807) is 35.7 Å². The van der Waals surface area contributed by atoms with Crippen LogP contribution in [0.2, 0.25) is 5.02 Å². The van der Waals surface area contributed by atoms with Gasteiger partial charge in [-0.05, 0) is 47.9 Å². The number of nitrogens with one attached hydrogen (secondary N) is 2. The van der Waals surface area contributed by atoms with Gasteiger partial charge >= 0.3 is 5.97 Å². The minimum atomic E-state index is -0.947. The first-order valence-corrected chi connectivity index (χ1v) is 10.1. The maximum atomic E-state index is 12.8. The van der Waals surface area contributed by atoms with Crippen LogP contribution < -0.4 is 10.6 Å². The molecule has 2 aromatic rings. The van der Waals surface area contributed by atoms with Crippen LogP contribution in [0.5, 0.6) is 0 Å². The molecule has 2 aliphatic rings. The largest absolute Gasteiger partial charge is 0.481 e. The first kappa shape index (κ1) is 18.7. The zero-order chi connectivity index (χ0) is 19.8. The highest BCUT2D eigenvalue weighted by molar-refractivity contribution is 7.12. The first-order chi connectivity index (χ1) is 13.4. The summed E-state index contributed by atoms with van der Waals surface area (Å²) in [5.41, 5.74) is 0.826. The van der Waals surface area contributed by atoms with Gasteiger partial charge in [-0.2, -0.15) is 0 Å². The van der Waals surface area contributed by atoms with Crippen molar-refractivity contribution in [1.82, 2.24) is 0 Å². The highest BCUT2D eigenvalue weighted by Gasteiger charge is 2.51. The van der Waals surface area contributed by atoms with Crippen LogP contribution in [0.4, 0.5) is 11.4 Å². The fourth-order valence-electron chi connectivity index (χ4n) is 4.03. The van der Waals surface area contributed by atoms with E-state index in [0.29, 0.717) is 27.7 Å². The Hall–Kier alpha value is -2.64. The third-order valence-corrected chi connectivity index (χ3v) is 6.47. The second-order valence-electron chi connectivity index (χ2n) is 6.95. The van der Waals surface area contributed by atoms with Gasteiger partial charge in [-0.1, -0.05) is 29.8 Å². The van der Waals surface area contributed by atoms with E-state index in [4.69, 9.17) is 11.6 Å². The van der Waals surface area contributed by atoms with Crippen molar-refractivity contribution in [2.24, 2.45) is 23.7 Å². The van der Waals surface area contributed by atoms with Gasteiger partial charge in [-0.25, -0.2) is 0 Å². The average Bonchev–Trinajstić information content (AvgIpc) is 3.40. The molecule has 4 rings (SSSR count). The Balaban J connectivity index is 1.51. The molecule has 0 saturated heterocycles. The van der Waals surface area contributed by atoms with Crippen LogP contribution in [0.1, 0.15) is 16.1 Å².